The Kier molecular flexibility index (Phi) is 6.60. The highest BCUT2D eigenvalue weighted by Crippen LogP contribution is 2.28. The molecule has 6 heteroatoms. The first-order valence-electron chi connectivity index (χ1n) is 6.07. The van der Waals surface area contributed by atoms with Crippen molar-refractivity contribution in [2.45, 2.75) is 31.7 Å². The van der Waals surface area contributed by atoms with E-state index in [2.05, 4.69) is 21.2 Å². The van der Waals surface area contributed by atoms with Gasteiger partial charge in [0.2, 0.25) is 5.91 Å². The summed E-state index contributed by atoms with van der Waals surface area (Å²) in [5, 5.41) is 3.50. The van der Waals surface area contributed by atoms with Gasteiger partial charge in [-0.3, -0.25) is 4.79 Å². The molecule has 1 aromatic carbocycles. The molecule has 0 unspecified atom stereocenters. The lowest BCUT2D eigenvalue weighted by Gasteiger charge is -2.14. The molecule has 3 nitrogen and oxygen atoms in total. The minimum absolute atomic E-state index is 0. The van der Waals surface area contributed by atoms with Crippen LogP contribution in [0.25, 0.3) is 0 Å². The van der Waals surface area contributed by atoms with Crippen LogP contribution < -0.4 is 11.1 Å². The van der Waals surface area contributed by atoms with E-state index in [-0.39, 0.29) is 24.4 Å². The summed E-state index contributed by atoms with van der Waals surface area (Å²) in [6.07, 6.45) is 3.72. The molecule has 0 heterocycles. The molecule has 0 aromatic heterocycles. The van der Waals surface area contributed by atoms with Crippen molar-refractivity contribution < 1.29 is 4.79 Å². The normalized spacial score (nSPS) is 21.8. The molecule has 0 radical (unpaired) electrons. The van der Waals surface area contributed by atoms with Crippen molar-refractivity contribution in [3.8, 4) is 0 Å². The summed E-state index contributed by atoms with van der Waals surface area (Å²) in [4.78, 5) is 11.9. The molecule has 0 aliphatic heterocycles. The van der Waals surface area contributed by atoms with E-state index in [0.717, 1.165) is 29.4 Å². The third-order valence-electron chi connectivity index (χ3n) is 3.37. The molecule has 1 fully saturated rings. The molecule has 106 valence electrons. The summed E-state index contributed by atoms with van der Waals surface area (Å²) in [5.41, 5.74) is 6.71. The topological polar surface area (TPSA) is 55.1 Å². The Morgan fingerprint density at radius 1 is 1.47 bits per heavy atom. The third kappa shape index (κ3) is 4.63. The van der Waals surface area contributed by atoms with E-state index in [1.807, 2.05) is 0 Å². The summed E-state index contributed by atoms with van der Waals surface area (Å²) in [6.45, 7) is 0. The van der Waals surface area contributed by atoms with Crippen molar-refractivity contribution in [2.24, 2.45) is 11.7 Å². The van der Waals surface area contributed by atoms with Gasteiger partial charge in [-0.25, -0.2) is 0 Å². The molecule has 2 rings (SSSR count). The Morgan fingerprint density at radius 2 is 2.21 bits per heavy atom. The van der Waals surface area contributed by atoms with Gasteiger partial charge in [0.25, 0.3) is 0 Å². The number of benzene rings is 1. The van der Waals surface area contributed by atoms with E-state index >= 15 is 0 Å². The molecule has 1 amide bonds. The van der Waals surface area contributed by atoms with Crippen LogP contribution in [0.2, 0.25) is 5.02 Å². The van der Waals surface area contributed by atoms with Crippen molar-refractivity contribution in [2.75, 3.05) is 5.32 Å². The van der Waals surface area contributed by atoms with Gasteiger partial charge in [0.05, 0.1) is 5.02 Å². The lowest BCUT2D eigenvalue weighted by atomic mass is 10.00. The number of hydrogen-bond acceptors (Lipinski definition) is 2. The molecule has 0 bridgehead atoms. The second kappa shape index (κ2) is 7.48. The number of rotatable bonds is 3. The number of nitrogens with one attached hydrogen (secondary N) is 1. The van der Waals surface area contributed by atoms with E-state index in [9.17, 15) is 4.79 Å². The van der Waals surface area contributed by atoms with Crippen LogP contribution in [0.5, 0.6) is 0 Å². The van der Waals surface area contributed by atoms with Crippen molar-refractivity contribution >= 4 is 51.5 Å². The lowest BCUT2D eigenvalue weighted by molar-refractivity contribution is -0.117. The second-order valence-corrected chi connectivity index (χ2v) is 6.00. The van der Waals surface area contributed by atoms with Gasteiger partial charge in [-0.15, -0.1) is 12.4 Å². The summed E-state index contributed by atoms with van der Waals surface area (Å²) < 4.78 is 0.777. The van der Waals surface area contributed by atoms with Crippen LogP contribution in [-0.2, 0) is 4.79 Å². The first kappa shape index (κ1) is 16.8. The number of halogens is 3. The average molecular weight is 368 g/mol. The minimum Gasteiger partial charge on any atom is -0.327 e. The zero-order chi connectivity index (χ0) is 13.1. The molecular formula is C13H17BrCl2N2O. The molecule has 1 aromatic rings. The smallest absolute Gasteiger partial charge is 0.224 e. The fraction of sp³-hybridized carbons (Fsp3) is 0.462. The number of carbonyl (C=O) groups is 1. The molecule has 1 aliphatic carbocycles. The molecule has 3 N–H and O–H groups in total. The maximum Gasteiger partial charge on any atom is 0.224 e. The highest BCUT2D eigenvalue weighted by Gasteiger charge is 2.25. The maximum atomic E-state index is 11.9. The van der Waals surface area contributed by atoms with Gasteiger partial charge < -0.3 is 11.1 Å². The SMILES string of the molecule is Cl.N[C@@H]1CCC[C@H]1CC(=O)Nc1ccc(Cl)c(Br)c1. The summed E-state index contributed by atoms with van der Waals surface area (Å²) in [5.74, 6) is 0.340. The van der Waals surface area contributed by atoms with E-state index in [4.69, 9.17) is 17.3 Å². The van der Waals surface area contributed by atoms with Crippen LogP contribution in [0, 0.1) is 5.92 Å². The number of anilines is 1. The van der Waals surface area contributed by atoms with E-state index in [0.29, 0.717) is 17.4 Å². The standard InChI is InChI=1S/C13H16BrClN2O.ClH/c14-10-7-9(4-5-11(10)15)17-13(18)6-8-2-1-3-12(8)16;/h4-5,7-8,12H,1-3,6,16H2,(H,17,18);1H/t8-,12+;/m0./s1. The van der Waals surface area contributed by atoms with Crippen LogP contribution in [-0.4, -0.2) is 11.9 Å². The van der Waals surface area contributed by atoms with Crippen molar-refractivity contribution in [1.82, 2.24) is 0 Å². The van der Waals surface area contributed by atoms with Gasteiger partial charge in [0.15, 0.2) is 0 Å². The zero-order valence-corrected chi connectivity index (χ0v) is 13.5. The Morgan fingerprint density at radius 3 is 2.79 bits per heavy atom. The highest BCUT2D eigenvalue weighted by molar-refractivity contribution is 9.10. The van der Waals surface area contributed by atoms with Gasteiger partial charge in [-0.05, 0) is 52.9 Å². The zero-order valence-electron chi connectivity index (χ0n) is 10.4. The third-order valence-corrected chi connectivity index (χ3v) is 4.58. The van der Waals surface area contributed by atoms with Crippen LogP contribution >= 0.6 is 39.9 Å². The Hall–Kier alpha value is -0.290. The van der Waals surface area contributed by atoms with Crippen LogP contribution in [0.4, 0.5) is 5.69 Å². The van der Waals surface area contributed by atoms with Crippen LogP contribution in [0.15, 0.2) is 22.7 Å². The van der Waals surface area contributed by atoms with Gasteiger partial charge in [-0.1, -0.05) is 18.0 Å². The van der Waals surface area contributed by atoms with Crippen molar-refractivity contribution in [1.29, 1.82) is 0 Å². The Bertz CT molecular complexity index is 456. The van der Waals surface area contributed by atoms with Gasteiger partial charge in [-0.2, -0.15) is 0 Å². The number of hydrogen-bond donors (Lipinski definition) is 2. The molecule has 0 saturated heterocycles. The number of nitrogens with two attached hydrogens (primary N) is 1. The molecule has 19 heavy (non-hydrogen) atoms. The first-order chi connectivity index (χ1) is 8.56. The molecule has 1 saturated carbocycles. The predicted molar refractivity (Wildman–Crippen MR) is 85.0 cm³/mol. The Labute approximate surface area is 132 Å². The summed E-state index contributed by atoms with van der Waals surface area (Å²) in [7, 11) is 0. The molecular weight excluding hydrogens is 351 g/mol. The van der Waals surface area contributed by atoms with Crippen molar-refractivity contribution in [3.63, 3.8) is 0 Å². The summed E-state index contributed by atoms with van der Waals surface area (Å²) in [6, 6.07) is 5.52. The average Bonchev–Trinajstić information content (AvgIpc) is 2.70. The van der Waals surface area contributed by atoms with Gasteiger partial charge in [0.1, 0.15) is 0 Å². The van der Waals surface area contributed by atoms with Crippen molar-refractivity contribution in [3.05, 3.63) is 27.7 Å². The lowest BCUT2D eigenvalue weighted by Crippen LogP contribution is -2.28. The predicted octanol–water partition coefficient (Wildman–Crippen LogP) is 3.98. The fourth-order valence-electron chi connectivity index (χ4n) is 2.34. The molecule has 0 spiro atoms. The highest BCUT2D eigenvalue weighted by atomic mass is 79.9. The Balaban J connectivity index is 0.00000180. The molecule has 1 aliphatic rings. The van der Waals surface area contributed by atoms with Gasteiger partial charge in [0, 0.05) is 22.6 Å². The monoisotopic (exact) mass is 366 g/mol. The first-order valence-corrected chi connectivity index (χ1v) is 7.24. The molecule has 2 atom stereocenters. The second-order valence-electron chi connectivity index (χ2n) is 4.74. The van der Waals surface area contributed by atoms with E-state index in [1.54, 1.807) is 18.2 Å². The number of amides is 1. The largest absolute Gasteiger partial charge is 0.327 e. The minimum atomic E-state index is 0. The van der Waals surface area contributed by atoms with Gasteiger partial charge >= 0.3 is 0 Å². The quantitative estimate of drug-likeness (QED) is 0.848. The maximum absolute atomic E-state index is 11.9. The number of carbonyl (C=O) groups excluding carboxylic acids is 1. The fourth-order valence-corrected chi connectivity index (χ4v) is 2.84. The van der Waals surface area contributed by atoms with E-state index < -0.39 is 0 Å². The summed E-state index contributed by atoms with van der Waals surface area (Å²) >= 11 is 9.23. The van der Waals surface area contributed by atoms with Crippen LogP contribution in [0.1, 0.15) is 25.7 Å². The van der Waals surface area contributed by atoms with E-state index in [1.165, 1.54) is 0 Å². The van der Waals surface area contributed by atoms with Crippen LogP contribution in [0.3, 0.4) is 0 Å².